The molecule has 2 aromatic rings. The lowest BCUT2D eigenvalue weighted by Crippen LogP contribution is -2.38. The highest BCUT2D eigenvalue weighted by molar-refractivity contribution is 5.99. The lowest BCUT2D eigenvalue weighted by Gasteiger charge is -2.20. The van der Waals surface area contributed by atoms with Crippen molar-refractivity contribution < 1.29 is 14.4 Å². The molecule has 0 heterocycles. The first-order valence-corrected chi connectivity index (χ1v) is 10.5. The van der Waals surface area contributed by atoms with Gasteiger partial charge < -0.3 is 20.9 Å². The number of urea groups is 1. The van der Waals surface area contributed by atoms with Gasteiger partial charge in [-0.2, -0.15) is 0 Å². The van der Waals surface area contributed by atoms with Crippen molar-refractivity contribution in [3.63, 3.8) is 0 Å². The minimum atomic E-state index is -0.402. The van der Waals surface area contributed by atoms with Crippen LogP contribution in [0.3, 0.4) is 0 Å². The van der Waals surface area contributed by atoms with Gasteiger partial charge in [-0.3, -0.25) is 9.59 Å². The topological polar surface area (TPSA) is 90.5 Å². The van der Waals surface area contributed by atoms with Crippen molar-refractivity contribution in [1.29, 1.82) is 0 Å². The summed E-state index contributed by atoms with van der Waals surface area (Å²) in [5.41, 5.74) is 5.98. The fraction of sp³-hybridized carbons (Fsp3) is 0.375. The molecule has 3 N–H and O–H groups in total. The fourth-order valence-corrected chi connectivity index (χ4v) is 3.48. The maximum atomic E-state index is 12.6. The fourth-order valence-electron chi connectivity index (χ4n) is 3.48. The molecule has 3 rings (SSSR count). The Balaban J connectivity index is 1.60. The first-order chi connectivity index (χ1) is 14.6. The first-order valence-electron chi connectivity index (χ1n) is 10.5. The van der Waals surface area contributed by atoms with E-state index in [1.807, 2.05) is 52.0 Å². The van der Waals surface area contributed by atoms with Crippen LogP contribution in [0.25, 0.3) is 0 Å². The van der Waals surface area contributed by atoms with Crippen LogP contribution in [0, 0.1) is 33.6 Å². The van der Waals surface area contributed by atoms with Gasteiger partial charge >= 0.3 is 6.03 Å². The normalized spacial score (nSPS) is 12.8. The van der Waals surface area contributed by atoms with Gasteiger partial charge in [-0.25, -0.2) is 4.79 Å². The van der Waals surface area contributed by atoms with Crippen molar-refractivity contribution in [3.8, 4) is 0 Å². The lowest BCUT2D eigenvalue weighted by molar-refractivity contribution is -0.117. The summed E-state index contributed by atoms with van der Waals surface area (Å²) in [6.45, 7) is 7.69. The van der Waals surface area contributed by atoms with Gasteiger partial charge in [0.1, 0.15) is 6.54 Å². The maximum absolute atomic E-state index is 12.6. The monoisotopic (exact) mass is 422 g/mol. The van der Waals surface area contributed by atoms with Crippen molar-refractivity contribution in [2.75, 3.05) is 29.5 Å². The summed E-state index contributed by atoms with van der Waals surface area (Å²) in [6, 6.07) is 9.01. The van der Waals surface area contributed by atoms with Gasteiger partial charge in [-0.15, -0.1) is 0 Å². The lowest BCUT2D eigenvalue weighted by atomic mass is 10.1. The van der Waals surface area contributed by atoms with Crippen LogP contribution in [0.5, 0.6) is 0 Å². The number of hydrogen-bond donors (Lipinski definition) is 3. The van der Waals surface area contributed by atoms with Crippen LogP contribution in [-0.2, 0) is 9.59 Å². The van der Waals surface area contributed by atoms with Crippen LogP contribution in [0.1, 0.15) is 35.1 Å². The maximum Gasteiger partial charge on any atom is 0.322 e. The van der Waals surface area contributed by atoms with Crippen LogP contribution < -0.4 is 16.0 Å². The Bertz CT molecular complexity index is 1000. The number of hydrogen-bond acceptors (Lipinski definition) is 3. The molecule has 0 aliphatic heterocycles. The smallest absolute Gasteiger partial charge is 0.322 e. The zero-order valence-electron chi connectivity index (χ0n) is 18.8. The summed E-state index contributed by atoms with van der Waals surface area (Å²) in [5.74, 6) is -0.156. The van der Waals surface area contributed by atoms with Crippen molar-refractivity contribution in [3.05, 3.63) is 52.6 Å². The highest BCUT2D eigenvalue weighted by Gasteiger charge is 2.29. The van der Waals surface area contributed by atoms with Gasteiger partial charge in [0.05, 0.1) is 0 Å². The van der Waals surface area contributed by atoms with E-state index in [-0.39, 0.29) is 24.3 Å². The Kier molecular flexibility index (Phi) is 6.63. The van der Waals surface area contributed by atoms with Crippen LogP contribution in [0.4, 0.5) is 21.9 Å². The number of carbonyl (C=O) groups excluding carboxylic acids is 3. The summed E-state index contributed by atoms with van der Waals surface area (Å²) >= 11 is 0. The molecular formula is C24H30N4O3. The summed E-state index contributed by atoms with van der Waals surface area (Å²) in [4.78, 5) is 38.4. The number of anilines is 3. The standard InChI is InChI=1S/C24H30N4O3/c1-14-10-16(3)22(17(4)11-14)27-21(29)13-28(5)24(31)26-20-12-19(9-6-15(20)2)25-23(30)18-7-8-18/h6,9-12,18H,7-8,13H2,1-5H3,(H,25,30)(H,26,31)(H,27,29). The van der Waals surface area contributed by atoms with Crippen molar-refractivity contribution in [2.45, 2.75) is 40.5 Å². The van der Waals surface area contributed by atoms with E-state index in [1.54, 1.807) is 13.1 Å². The molecule has 1 fully saturated rings. The van der Waals surface area contributed by atoms with Gasteiger partial charge in [0, 0.05) is 30.0 Å². The first kappa shape index (κ1) is 22.3. The molecule has 2 aromatic carbocycles. The van der Waals surface area contributed by atoms with E-state index in [1.165, 1.54) is 4.90 Å². The molecule has 0 saturated heterocycles. The SMILES string of the molecule is Cc1cc(C)c(NC(=O)CN(C)C(=O)Nc2cc(NC(=O)C3CC3)ccc2C)c(C)c1. The molecule has 0 bridgehead atoms. The van der Waals surface area contributed by atoms with Crippen LogP contribution >= 0.6 is 0 Å². The highest BCUT2D eigenvalue weighted by Crippen LogP contribution is 2.31. The molecule has 0 radical (unpaired) electrons. The van der Waals surface area contributed by atoms with E-state index in [2.05, 4.69) is 16.0 Å². The van der Waals surface area contributed by atoms with Gasteiger partial charge in [-0.1, -0.05) is 23.8 Å². The molecule has 1 aliphatic carbocycles. The van der Waals surface area contributed by atoms with Crippen LogP contribution in [-0.4, -0.2) is 36.3 Å². The van der Waals surface area contributed by atoms with Crippen molar-refractivity contribution in [1.82, 2.24) is 4.90 Å². The van der Waals surface area contributed by atoms with Crippen molar-refractivity contribution in [2.24, 2.45) is 5.92 Å². The van der Waals surface area contributed by atoms with Crippen LogP contribution in [0.15, 0.2) is 30.3 Å². The number of nitrogens with one attached hydrogen (secondary N) is 3. The molecule has 0 aromatic heterocycles. The minimum absolute atomic E-state index is 0.0108. The number of benzene rings is 2. The van der Waals surface area contributed by atoms with Gasteiger partial charge in [0.15, 0.2) is 0 Å². The molecule has 0 atom stereocenters. The van der Waals surface area contributed by atoms with Crippen LogP contribution in [0.2, 0.25) is 0 Å². The van der Waals surface area contributed by atoms with E-state index < -0.39 is 6.03 Å². The Morgan fingerprint density at radius 3 is 2.16 bits per heavy atom. The molecule has 7 heteroatoms. The third kappa shape index (κ3) is 5.84. The predicted octanol–water partition coefficient (Wildman–Crippen LogP) is 4.37. The molecule has 1 saturated carbocycles. The average molecular weight is 423 g/mol. The van der Waals surface area contributed by atoms with Gasteiger partial charge in [0.25, 0.3) is 0 Å². The largest absolute Gasteiger partial charge is 0.326 e. The van der Waals surface area contributed by atoms with E-state index in [0.29, 0.717) is 11.4 Å². The van der Waals surface area contributed by atoms with Gasteiger partial charge in [0.2, 0.25) is 11.8 Å². The predicted molar refractivity (Wildman–Crippen MR) is 123 cm³/mol. The molecule has 4 amide bonds. The molecule has 0 unspecified atom stereocenters. The molecular weight excluding hydrogens is 392 g/mol. The number of carbonyl (C=O) groups is 3. The zero-order chi connectivity index (χ0) is 22.7. The second-order valence-electron chi connectivity index (χ2n) is 8.40. The molecule has 164 valence electrons. The number of rotatable bonds is 6. The molecule has 31 heavy (non-hydrogen) atoms. The second kappa shape index (κ2) is 9.20. The second-order valence-corrected chi connectivity index (χ2v) is 8.40. The zero-order valence-corrected chi connectivity index (χ0v) is 18.8. The van der Waals surface area contributed by atoms with Gasteiger partial charge in [-0.05, 0) is 69.4 Å². The number of amides is 4. The Labute approximate surface area is 183 Å². The summed E-state index contributed by atoms with van der Waals surface area (Å²) < 4.78 is 0. The Hall–Kier alpha value is -3.35. The molecule has 0 spiro atoms. The summed E-state index contributed by atoms with van der Waals surface area (Å²) in [6.07, 6.45) is 1.85. The van der Waals surface area contributed by atoms with E-state index in [4.69, 9.17) is 0 Å². The molecule has 7 nitrogen and oxygen atoms in total. The number of nitrogens with zero attached hydrogens (tertiary/aromatic N) is 1. The third-order valence-corrected chi connectivity index (χ3v) is 5.36. The summed E-state index contributed by atoms with van der Waals surface area (Å²) in [7, 11) is 1.57. The third-order valence-electron chi connectivity index (χ3n) is 5.36. The Morgan fingerprint density at radius 1 is 0.903 bits per heavy atom. The average Bonchev–Trinajstić information content (AvgIpc) is 3.52. The number of likely N-dealkylation sites (N-methyl/N-ethyl adjacent to an activating group) is 1. The minimum Gasteiger partial charge on any atom is -0.326 e. The Morgan fingerprint density at radius 2 is 1.55 bits per heavy atom. The van der Waals surface area contributed by atoms with E-state index >= 15 is 0 Å². The molecule has 1 aliphatic rings. The van der Waals surface area contributed by atoms with E-state index in [0.717, 1.165) is 40.8 Å². The quantitative estimate of drug-likeness (QED) is 0.646. The van der Waals surface area contributed by atoms with E-state index in [9.17, 15) is 14.4 Å². The summed E-state index contributed by atoms with van der Waals surface area (Å²) in [5, 5.41) is 8.61. The van der Waals surface area contributed by atoms with Crippen molar-refractivity contribution >= 4 is 34.9 Å². The highest BCUT2D eigenvalue weighted by atomic mass is 16.2. The number of aryl methyl sites for hydroxylation is 4.